The monoisotopic (exact) mass is 920 g/mol. The average molecular weight is 921 g/mol. The molecule has 1 aliphatic carbocycles. The highest BCUT2D eigenvalue weighted by atomic mass is 16.3. The smallest absolute Gasteiger partial charge is 0.143 e. The largest absolute Gasteiger partial charge is 0.455 e. The number of furan rings is 1. The minimum Gasteiger partial charge on any atom is -0.455 e. The molecule has 1 spiro atoms. The summed E-state index contributed by atoms with van der Waals surface area (Å²) in [6, 6.07) is 93.7. The van der Waals surface area contributed by atoms with Gasteiger partial charge in [-0.25, -0.2) is 0 Å². The van der Waals surface area contributed by atoms with Gasteiger partial charge < -0.3 is 14.2 Å². The third kappa shape index (κ3) is 5.98. The van der Waals surface area contributed by atoms with Crippen molar-refractivity contribution < 1.29 is 4.42 Å². The molecule has 15 rings (SSSR count). The van der Waals surface area contributed by atoms with E-state index in [1.54, 1.807) is 0 Å². The lowest BCUT2D eigenvalue weighted by Crippen LogP contribution is -2.36. The zero-order chi connectivity index (χ0) is 47.9. The molecule has 0 radical (unpaired) electrons. The molecule has 72 heavy (non-hydrogen) atoms. The van der Waals surface area contributed by atoms with Gasteiger partial charge in [0.05, 0.1) is 16.8 Å². The van der Waals surface area contributed by atoms with Crippen LogP contribution in [0.25, 0.3) is 76.5 Å². The van der Waals surface area contributed by atoms with Gasteiger partial charge in [-0.3, -0.25) is 0 Å². The molecule has 0 amide bonds. The zero-order valence-electron chi connectivity index (χ0n) is 40.1. The summed E-state index contributed by atoms with van der Waals surface area (Å²) in [7, 11) is 0. The number of hydrogen-bond acceptors (Lipinski definition) is 3. The third-order valence-electron chi connectivity index (χ3n) is 15.2. The van der Waals surface area contributed by atoms with E-state index in [2.05, 4.69) is 259 Å². The number of nitrogens with zero attached hydrogens (tertiary/aromatic N) is 2. The first-order valence-corrected chi connectivity index (χ1v) is 25.2. The summed E-state index contributed by atoms with van der Waals surface area (Å²) >= 11 is 0. The molecule has 0 fully saturated rings. The Kier molecular flexibility index (Phi) is 9.56. The van der Waals surface area contributed by atoms with Gasteiger partial charge in [0.25, 0.3) is 0 Å². The van der Waals surface area contributed by atoms with E-state index in [0.717, 1.165) is 55.8 Å². The molecule has 1 aromatic heterocycles. The number of rotatable bonds is 5. The topological polar surface area (TPSA) is 19.6 Å². The van der Waals surface area contributed by atoms with E-state index >= 15 is 0 Å². The Morgan fingerprint density at radius 2 is 0.819 bits per heavy atom. The van der Waals surface area contributed by atoms with Crippen molar-refractivity contribution in [1.82, 2.24) is 0 Å². The number of anilines is 6. The Bertz CT molecular complexity index is 4180. The molecule has 0 atom stereocenters. The van der Waals surface area contributed by atoms with Crippen molar-refractivity contribution in [3.05, 3.63) is 277 Å². The van der Waals surface area contributed by atoms with Gasteiger partial charge in [-0.1, -0.05) is 202 Å². The molecule has 0 bridgehead atoms. The fourth-order valence-electron chi connectivity index (χ4n) is 12.3. The van der Waals surface area contributed by atoms with Crippen LogP contribution in [-0.4, -0.2) is 0 Å². The SMILES string of the molecule is CC.c1ccc(N2c3ccccc3C3(c4ccccc4-c4cc(N(c5ccc(-c6cccc7c6oc6ccccc67)cc5)c5ccc6c7ccccc7c7ccccc7c6c5)ccc43)c3ccccc32)cc1. The van der Waals surface area contributed by atoms with Crippen molar-refractivity contribution in [2.75, 3.05) is 9.80 Å². The van der Waals surface area contributed by atoms with Crippen LogP contribution in [0.3, 0.4) is 0 Å². The first-order valence-electron chi connectivity index (χ1n) is 25.2. The van der Waals surface area contributed by atoms with Crippen LogP contribution in [0.2, 0.25) is 0 Å². The van der Waals surface area contributed by atoms with Gasteiger partial charge in [-0.05, 0) is 138 Å². The molecule has 2 aliphatic rings. The lowest BCUT2D eigenvalue weighted by molar-refractivity contribution is 0.670. The second kappa shape index (κ2) is 16.5. The van der Waals surface area contributed by atoms with Gasteiger partial charge in [0.2, 0.25) is 0 Å². The Labute approximate surface area is 419 Å². The van der Waals surface area contributed by atoms with E-state index in [9.17, 15) is 0 Å². The predicted molar refractivity (Wildman–Crippen MR) is 303 cm³/mol. The molecule has 13 aromatic rings. The van der Waals surface area contributed by atoms with E-state index in [4.69, 9.17) is 4.42 Å². The molecule has 340 valence electrons. The summed E-state index contributed by atoms with van der Waals surface area (Å²) in [6.45, 7) is 4.00. The summed E-state index contributed by atoms with van der Waals surface area (Å²) in [5.74, 6) is 0. The number of para-hydroxylation sites is 5. The molecule has 2 heterocycles. The summed E-state index contributed by atoms with van der Waals surface area (Å²) in [5, 5.41) is 9.78. The molecule has 12 aromatic carbocycles. The highest BCUT2D eigenvalue weighted by Gasteiger charge is 2.51. The molecule has 3 nitrogen and oxygen atoms in total. The Morgan fingerprint density at radius 3 is 1.51 bits per heavy atom. The average Bonchev–Trinajstić information content (AvgIpc) is 3.99. The van der Waals surface area contributed by atoms with Crippen molar-refractivity contribution >= 4 is 88.4 Å². The van der Waals surface area contributed by atoms with Gasteiger partial charge in [-0.2, -0.15) is 0 Å². The second-order valence-electron chi connectivity index (χ2n) is 18.7. The summed E-state index contributed by atoms with van der Waals surface area (Å²) < 4.78 is 6.54. The maximum absolute atomic E-state index is 6.54. The van der Waals surface area contributed by atoms with E-state index in [-0.39, 0.29) is 0 Å². The van der Waals surface area contributed by atoms with Crippen molar-refractivity contribution in [3.63, 3.8) is 0 Å². The summed E-state index contributed by atoms with van der Waals surface area (Å²) in [6.07, 6.45) is 0. The Morgan fingerprint density at radius 1 is 0.333 bits per heavy atom. The number of benzene rings is 12. The third-order valence-corrected chi connectivity index (χ3v) is 15.2. The first-order chi connectivity index (χ1) is 35.7. The molecule has 0 saturated carbocycles. The molecule has 1 aliphatic heterocycles. The predicted octanol–water partition coefficient (Wildman–Crippen LogP) is 19.4. The minimum atomic E-state index is -0.546. The van der Waals surface area contributed by atoms with Crippen LogP contribution in [0.4, 0.5) is 34.1 Å². The summed E-state index contributed by atoms with van der Waals surface area (Å²) in [5.41, 5.74) is 17.8. The van der Waals surface area contributed by atoms with Crippen LogP contribution >= 0.6 is 0 Å². The van der Waals surface area contributed by atoms with Crippen LogP contribution in [-0.2, 0) is 5.41 Å². The normalized spacial score (nSPS) is 12.9. The Hall–Kier alpha value is -9.18. The molecular formula is C69H48N2O. The first kappa shape index (κ1) is 41.8. The van der Waals surface area contributed by atoms with E-state index in [0.29, 0.717) is 0 Å². The van der Waals surface area contributed by atoms with Crippen LogP contribution in [0.5, 0.6) is 0 Å². The quantitative estimate of drug-likeness (QED) is 0.160. The lowest BCUT2D eigenvalue weighted by atomic mass is 9.64. The van der Waals surface area contributed by atoms with Crippen molar-refractivity contribution in [2.24, 2.45) is 0 Å². The highest BCUT2D eigenvalue weighted by Crippen LogP contribution is 2.64. The van der Waals surface area contributed by atoms with E-state index < -0.39 is 5.41 Å². The standard InChI is InChI=1S/C67H42N2O.C2H6/c1-2-17-44(18-3-1)69-63-30-13-11-28-61(63)67(62-29-12-14-31-64(62)69)59-27-10-8-23-54(59)58-42-47(38-40-60(58)67)68(46-37-39-53-51-21-5-4-19-49(51)50-20-6-7-22-52(50)57(53)41-46)45-35-33-43(34-36-45)48-25-16-26-56-55-24-9-15-32-65(55)70-66(48)56;1-2/h1-42H;1-2H3. The van der Waals surface area contributed by atoms with Gasteiger partial charge in [0.1, 0.15) is 11.2 Å². The summed E-state index contributed by atoms with van der Waals surface area (Å²) in [4.78, 5) is 4.89. The van der Waals surface area contributed by atoms with Crippen molar-refractivity contribution in [3.8, 4) is 22.3 Å². The van der Waals surface area contributed by atoms with E-state index in [1.807, 2.05) is 19.9 Å². The van der Waals surface area contributed by atoms with Crippen molar-refractivity contribution in [1.29, 1.82) is 0 Å². The maximum Gasteiger partial charge on any atom is 0.143 e. The molecule has 0 N–H and O–H groups in total. The lowest BCUT2D eigenvalue weighted by Gasteiger charge is -2.45. The number of hydrogen-bond donors (Lipinski definition) is 0. The molecule has 3 heteroatoms. The van der Waals surface area contributed by atoms with E-state index in [1.165, 1.54) is 77.1 Å². The van der Waals surface area contributed by atoms with Gasteiger partial charge in [0.15, 0.2) is 0 Å². The van der Waals surface area contributed by atoms with Crippen LogP contribution in [0.15, 0.2) is 259 Å². The zero-order valence-corrected chi connectivity index (χ0v) is 40.1. The van der Waals surface area contributed by atoms with Gasteiger partial charge in [-0.15, -0.1) is 0 Å². The van der Waals surface area contributed by atoms with Gasteiger partial charge in [0, 0.05) is 39.1 Å². The molecular weight excluding hydrogens is 873 g/mol. The molecule has 0 saturated heterocycles. The molecule has 0 unspecified atom stereocenters. The van der Waals surface area contributed by atoms with Crippen LogP contribution in [0.1, 0.15) is 36.1 Å². The van der Waals surface area contributed by atoms with Crippen LogP contribution < -0.4 is 9.80 Å². The van der Waals surface area contributed by atoms with Crippen molar-refractivity contribution in [2.45, 2.75) is 19.3 Å². The second-order valence-corrected chi connectivity index (χ2v) is 18.7. The van der Waals surface area contributed by atoms with Gasteiger partial charge >= 0.3 is 0 Å². The Balaban J connectivity index is 0.00000238. The fourth-order valence-corrected chi connectivity index (χ4v) is 12.3. The van der Waals surface area contributed by atoms with Crippen LogP contribution in [0, 0.1) is 0 Å². The number of fused-ring (bicyclic) bond motifs is 18. The maximum atomic E-state index is 6.54. The highest BCUT2D eigenvalue weighted by molar-refractivity contribution is 6.26. The fraction of sp³-hybridized carbons (Fsp3) is 0.0435. The minimum absolute atomic E-state index is 0.546.